The van der Waals surface area contributed by atoms with Gasteiger partial charge in [-0.3, -0.25) is 0 Å². The highest BCUT2D eigenvalue weighted by molar-refractivity contribution is 5.38. The molecule has 0 radical (unpaired) electrons. The summed E-state index contributed by atoms with van der Waals surface area (Å²) in [5, 5.41) is 10.6. The number of aliphatic hydroxyl groups is 1. The highest BCUT2D eigenvalue weighted by Crippen LogP contribution is 2.71. The van der Waals surface area contributed by atoms with Gasteiger partial charge in [0.2, 0.25) is 0 Å². The van der Waals surface area contributed by atoms with E-state index in [1.54, 1.807) is 0 Å². The van der Waals surface area contributed by atoms with Crippen LogP contribution in [0.4, 0.5) is 0 Å². The smallest absolute Gasteiger partial charge is 0.0569 e. The number of allylic oxidation sites excluding steroid dienone is 3. The summed E-state index contributed by atoms with van der Waals surface area (Å²) in [6.45, 7) is 21.7. The van der Waals surface area contributed by atoms with Crippen LogP contribution in [0.25, 0.3) is 0 Å². The molecule has 0 aromatic rings. The quantitative estimate of drug-likeness (QED) is 0.438. The maximum absolute atomic E-state index is 10.6. The average molecular weight is 427 g/mol. The molecule has 2 fully saturated rings. The van der Waals surface area contributed by atoms with Gasteiger partial charge >= 0.3 is 0 Å². The van der Waals surface area contributed by atoms with Crippen molar-refractivity contribution in [2.45, 2.75) is 119 Å². The Balaban J connectivity index is 1.60. The van der Waals surface area contributed by atoms with Gasteiger partial charge < -0.3 is 5.11 Å². The van der Waals surface area contributed by atoms with Crippen LogP contribution in [0.2, 0.25) is 0 Å². The topological polar surface area (TPSA) is 20.2 Å². The summed E-state index contributed by atoms with van der Waals surface area (Å²) < 4.78 is 0. The molecule has 4 aliphatic rings. The second-order valence-electron chi connectivity index (χ2n) is 13.2. The van der Waals surface area contributed by atoms with Gasteiger partial charge in [-0.1, -0.05) is 71.8 Å². The molecular formula is C30H50O. The monoisotopic (exact) mass is 426 g/mol. The first kappa shape index (κ1) is 23.6. The maximum atomic E-state index is 10.6. The minimum atomic E-state index is -0.0815. The lowest BCUT2D eigenvalue weighted by molar-refractivity contribution is -0.0413. The third-order valence-corrected chi connectivity index (χ3v) is 11.8. The first-order chi connectivity index (χ1) is 14.5. The molecule has 4 aliphatic carbocycles. The summed E-state index contributed by atoms with van der Waals surface area (Å²) in [4.78, 5) is 0. The Kier molecular flexibility index (Phi) is 6.11. The normalized spacial score (nSPS) is 45.8. The summed E-state index contributed by atoms with van der Waals surface area (Å²) in [5.74, 6) is 3.40. The van der Waals surface area contributed by atoms with Gasteiger partial charge in [-0.2, -0.15) is 0 Å². The van der Waals surface area contributed by atoms with Gasteiger partial charge in [0, 0.05) is 0 Å². The molecule has 2 unspecified atom stereocenters. The molecule has 4 rings (SSSR count). The van der Waals surface area contributed by atoms with Crippen molar-refractivity contribution in [1.82, 2.24) is 0 Å². The summed E-state index contributed by atoms with van der Waals surface area (Å²) >= 11 is 0. The third-order valence-electron chi connectivity index (χ3n) is 11.8. The highest BCUT2D eigenvalue weighted by atomic mass is 16.3. The molecule has 1 N–H and O–H groups in total. The van der Waals surface area contributed by atoms with E-state index >= 15 is 0 Å². The van der Waals surface area contributed by atoms with Gasteiger partial charge in [0.15, 0.2) is 0 Å². The molecule has 0 spiro atoms. The molecule has 1 nitrogen and oxygen atoms in total. The van der Waals surface area contributed by atoms with Crippen LogP contribution in [-0.2, 0) is 0 Å². The summed E-state index contributed by atoms with van der Waals surface area (Å²) in [6, 6.07) is 0. The van der Waals surface area contributed by atoms with Gasteiger partial charge in [0.05, 0.1) is 6.10 Å². The van der Waals surface area contributed by atoms with Gasteiger partial charge in [-0.25, -0.2) is 0 Å². The number of rotatable bonds is 5. The second kappa shape index (κ2) is 8.03. The van der Waals surface area contributed by atoms with Crippen LogP contribution in [-0.4, -0.2) is 11.2 Å². The van der Waals surface area contributed by atoms with E-state index in [0.29, 0.717) is 34.0 Å². The van der Waals surface area contributed by atoms with Crippen LogP contribution >= 0.6 is 0 Å². The molecule has 0 aliphatic heterocycles. The lowest BCUT2D eigenvalue weighted by atomic mass is 9.45. The zero-order valence-corrected chi connectivity index (χ0v) is 21.7. The number of hydrogen-bond donors (Lipinski definition) is 1. The molecule has 0 aromatic carbocycles. The Labute approximate surface area is 193 Å². The van der Waals surface area contributed by atoms with Crippen LogP contribution < -0.4 is 0 Å². The zero-order chi connectivity index (χ0) is 22.8. The molecule has 1 heteroatoms. The molecule has 176 valence electrons. The van der Waals surface area contributed by atoms with E-state index < -0.39 is 0 Å². The van der Waals surface area contributed by atoms with Crippen molar-refractivity contribution in [3.63, 3.8) is 0 Å². The Morgan fingerprint density at radius 3 is 2.39 bits per heavy atom. The lowest BCUT2D eigenvalue weighted by Crippen LogP contribution is -2.51. The Hall–Kier alpha value is -0.560. The maximum Gasteiger partial charge on any atom is 0.0569 e. The predicted octanol–water partition coefficient (Wildman–Crippen LogP) is 8.34. The first-order valence-electron chi connectivity index (χ1n) is 13.5. The average Bonchev–Trinajstić information content (AvgIpc) is 3.00. The predicted molar refractivity (Wildman–Crippen MR) is 133 cm³/mol. The molecule has 8 atom stereocenters. The van der Waals surface area contributed by atoms with Gasteiger partial charge in [-0.05, 0) is 110 Å². The molecule has 2 saturated carbocycles. The van der Waals surface area contributed by atoms with Crippen molar-refractivity contribution in [2.75, 3.05) is 0 Å². The zero-order valence-electron chi connectivity index (χ0n) is 21.7. The Morgan fingerprint density at radius 1 is 1.00 bits per heavy atom. The molecule has 0 amide bonds. The fourth-order valence-electron chi connectivity index (χ4n) is 9.16. The number of fused-ring (bicyclic) bond motifs is 4. The van der Waals surface area contributed by atoms with Crippen LogP contribution in [0.3, 0.4) is 0 Å². The van der Waals surface area contributed by atoms with Crippen LogP contribution in [0.1, 0.15) is 113 Å². The van der Waals surface area contributed by atoms with Crippen molar-refractivity contribution in [1.29, 1.82) is 0 Å². The molecule has 0 saturated heterocycles. The van der Waals surface area contributed by atoms with Crippen LogP contribution in [0, 0.1) is 45.8 Å². The summed E-state index contributed by atoms with van der Waals surface area (Å²) in [6.07, 6.45) is 12.7. The molecule has 0 bridgehead atoms. The standard InChI is InChI=1S/C30H50O/c1-19(2)20(3)9-10-21(4)23-13-17-30(8)26-12-11-24-22(5)27(31)15-16-28(24,6)25(26)14-18-29(23,30)7/h19,21-24,27,31H,3,9-18H2,1-2,4-8H3/t21-,22+,23?,24?,27+,28+,29-,30+/m1/s1. The minimum absolute atomic E-state index is 0.0815. The lowest BCUT2D eigenvalue weighted by Gasteiger charge is -2.60. The fraction of sp³-hybridized carbons (Fsp3) is 0.867. The number of hydrogen-bond acceptors (Lipinski definition) is 1. The van der Waals surface area contributed by atoms with Crippen LogP contribution in [0.15, 0.2) is 23.3 Å². The van der Waals surface area contributed by atoms with Crippen molar-refractivity contribution >= 4 is 0 Å². The van der Waals surface area contributed by atoms with E-state index in [2.05, 4.69) is 55.0 Å². The molecule has 0 heterocycles. The SMILES string of the molecule is C=C(CC[C@@H](C)C1CC[C@@]2(C)C3=C(CC[C@]12C)[C@@]1(C)CC[C@H](O)[C@@H](C)C1CC3)C(C)C. The first-order valence-corrected chi connectivity index (χ1v) is 13.5. The van der Waals surface area contributed by atoms with Gasteiger partial charge in [-0.15, -0.1) is 0 Å². The van der Waals surface area contributed by atoms with E-state index in [-0.39, 0.29) is 6.10 Å². The third kappa shape index (κ3) is 3.43. The van der Waals surface area contributed by atoms with Crippen molar-refractivity contribution in [3.05, 3.63) is 23.3 Å². The fourth-order valence-corrected chi connectivity index (χ4v) is 9.16. The molecular weight excluding hydrogens is 376 g/mol. The van der Waals surface area contributed by atoms with E-state index in [0.717, 1.165) is 18.3 Å². The molecule has 31 heavy (non-hydrogen) atoms. The van der Waals surface area contributed by atoms with E-state index in [1.165, 1.54) is 63.4 Å². The largest absolute Gasteiger partial charge is 0.393 e. The minimum Gasteiger partial charge on any atom is -0.393 e. The van der Waals surface area contributed by atoms with Crippen molar-refractivity contribution < 1.29 is 5.11 Å². The van der Waals surface area contributed by atoms with Crippen molar-refractivity contribution in [2.24, 2.45) is 45.8 Å². The summed E-state index contributed by atoms with van der Waals surface area (Å²) in [7, 11) is 0. The van der Waals surface area contributed by atoms with E-state index in [4.69, 9.17) is 0 Å². The Bertz CT molecular complexity index is 746. The highest BCUT2D eigenvalue weighted by Gasteiger charge is 2.62. The Morgan fingerprint density at radius 2 is 1.71 bits per heavy atom. The number of aliphatic hydroxyl groups excluding tert-OH is 1. The van der Waals surface area contributed by atoms with Gasteiger partial charge in [0.25, 0.3) is 0 Å². The molecule has 0 aromatic heterocycles. The summed E-state index contributed by atoms with van der Waals surface area (Å²) in [5.41, 5.74) is 6.35. The van der Waals surface area contributed by atoms with Gasteiger partial charge in [0.1, 0.15) is 0 Å². The van der Waals surface area contributed by atoms with Crippen LogP contribution in [0.5, 0.6) is 0 Å². The van der Waals surface area contributed by atoms with E-state index in [1.807, 2.05) is 11.1 Å². The van der Waals surface area contributed by atoms with Crippen molar-refractivity contribution in [3.8, 4) is 0 Å². The second-order valence-corrected chi connectivity index (χ2v) is 13.2. The van der Waals surface area contributed by atoms with E-state index in [9.17, 15) is 5.11 Å².